The number of rotatable bonds is 5. The Kier molecular flexibility index (Phi) is 5.62. The summed E-state index contributed by atoms with van der Waals surface area (Å²) in [6.45, 7) is 1.63. The minimum atomic E-state index is -3.44. The highest BCUT2D eigenvalue weighted by Crippen LogP contribution is 2.35. The van der Waals surface area contributed by atoms with Crippen LogP contribution in [0.4, 0.5) is 0 Å². The van der Waals surface area contributed by atoms with Gasteiger partial charge in [-0.05, 0) is 31.6 Å². The van der Waals surface area contributed by atoms with Gasteiger partial charge in [0.05, 0.1) is 24.9 Å². The second kappa shape index (κ2) is 7.07. The average Bonchev–Trinajstić information content (AvgIpc) is 2.97. The third-order valence-electron chi connectivity index (χ3n) is 4.58. The van der Waals surface area contributed by atoms with Gasteiger partial charge in [0, 0.05) is 20.2 Å². The number of nitrogens with zero attached hydrogens (tertiary/aromatic N) is 1. The maximum Gasteiger partial charge on any atom is 0.310 e. The van der Waals surface area contributed by atoms with Crippen LogP contribution in [-0.2, 0) is 24.3 Å². The Hall–Kier alpha value is -0.660. The molecule has 0 aromatic rings. The molecule has 0 amide bonds. The molecule has 1 saturated heterocycles. The van der Waals surface area contributed by atoms with E-state index in [0.29, 0.717) is 32.5 Å². The van der Waals surface area contributed by atoms with Crippen molar-refractivity contribution in [3.05, 3.63) is 0 Å². The monoisotopic (exact) mass is 319 g/mol. The molecule has 0 N–H and O–H groups in total. The fourth-order valence-electron chi connectivity index (χ4n) is 3.52. The van der Waals surface area contributed by atoms with E-state index >= 15 is 0 Å². The van der Waals surface area contributed by atoms with Crippen molar-refractivity contribution in [3.8, 4) is 0 Å². The predicted molar refractivity (Wildman–Crippen MR) is 78.2 cm³/mol. The fraction of sp³-hybridized carbons (Fsp3) is 0.929. The van der Waals surface area contributed by atoms with Crippen LogP contribution in [0, 0.1) is 11.8 Å². The first kappa shape index (κ1) is 16.7. The van der Waals surface area contributed by atoms with Gasteiger partial charge in [0.2, 0.25) is 10.0 Å². The summed E-state index contributed by atoms with van der Waals surface area (Å²) in [4.78, 5) is 11.8. The number of ether oxygens (including phenoxy) is 2. The Morgan fingerprint density at radius 2 is 1.95 bits per heavy atom. The second-order valence-electron chi connectivity index (χ2n) is 5.97. The van der Waals surface area contributed by atoms with Crippen molar-refractivity contribution in [2.45, 2.75) is 37.4 Å². The summed E-state index contributed by atoms with van der Waals surface area (Å²) >= 11 is 0. The molecule has 122 valence electrons. The van der Waals surface area contributed by atoms with Gasteiger partial charge in [0.25, 0.3) is 0 Å². The van der Waals surface area contributed by atoms with Crippen molar-refractivity contribution >= 4 is 16.0 Å². The largest absolute Gasteiger partial charge is 0.469 e. The smallest absolute Gasteiger partial charge is 0.310 e. The van der Waals surface area contributed by atoms with Crippen molar-refractivity contribution < 1.29 is 22.7 Å². The van der Waals surface area contributed by atoms with Gasteiger partial charge in [-0.3, -0.25) is 4.79 Å². The molecular weight excluding hydrogens is 294 g/mol. The van der Waals surface area contributed by atoms with Gasteiger partial charge in [0.1, 0.15) is 0 Å². The first-order chi connectivity index (χ1) is 10.0. The van der Waals surface area contributed by atoms with E-state index in [-0.39, 0.29) is 5.92 Å². The lowest BCUT2D eigenvalue weighted by Crippen LogP contribution is -2.47. The number of methoxy groups -OCH3 is 2. The summed E-state index contributed by atoms with van der Waals surface area (Å²) < 4.78 is 37.2. The quantitative estimate of drug-likeness (QED) is 0.707. The standard InChI is InChI=1S/C14H25NO5S/c1-19-10-11-5-4-8-15(9-11)21(17,18)13-7-3-6-12(13)14(16)20-2/h11-13H,3-10H2,1-2H3. The Bertz CT molecular complexity index is 462. The third kappa shape index (κ3) is 3.57. The molecule has 0 spiro atoms. The van der Waals surface area contributed by atoms with Gasteiger partial charge in [-0.15, -0.1) is 0 Å². The number of hydrogen-bond acceptors (Lipinski definition) is 5. The zero-order chi connectivity index (χ0) is 15.5. The molecule has 6 nitrogen and oxygen atoms in total. The molecular formula is C14H25NO5S. The average molecular weight is 319 g/mol. The lowest BCUT2D eigenvalue weighted by atomic mass is 10.0. The molecule has 0 aromatic heterocycles. The van der Waals surface area contributed by atoms with Gasteiger partial charge in [-0.1, -0.05) is 6.42 Å². The van der Waals surface area contributed by atoms with E-state index in [4.69, 9.17) is 9.47 Å². The number of sulfonamides is 1. The molecule has 2 aliphatic rings. The second-order valence-corrected chi connectivity index (χ2v) is 8.12. The van der Waals surface area contributed by atoms with Crippen LogP contribution in [-0.4, -0.2) is 57.9 Å². The third-order valence-corrected chi connectivity index (χ3v) is 6.96. The Labute approximate surface area is 126 Å². The van der Waals surface area contributed by atoms with E-state index in [1.165, 1.54) is 7.11 Å². The maximum absolute atomic E-state index is 12.8. The van der Waals surface area contributed by atoms with Crippen molar-refractivity contribution in [2.24, 2.45) is 11.8 Å². The molecule has 3 atom stereocenters. The molecule has 2 rings (SSSR count). The number of carbonyl (C=O) groups excluding carboxylic acids is 1. The SMILES string of the molecule is COCC1CCCN(S(=O)(=O)C2CCCC2C(=O)OC)C1. The van der Waals surface area contributed by atoms with Crippen LogP contribution in [0.3, 0.4) is 0 Å². The molecule has 0 bridgehead atoms. The summed E-state index contributed by atoms with van der Waals surface area (Å²) in [5, 5.41) is -0.619. The zero-order valence-electron chi connectivity index (χ0n) is 12.8. The van der Waals surface area contributed by atoms with Crippen LogP contribution in [0.5, 0.6) is 0 Å². The molecule has 1 heterocycles. The van der Waals surface area contributed by atoms with Crippen molar-refractivity contribution in [1.29, 1.82) is 0 Å². The lowest BCUT2D eigenvalue weighted by molar-refractivity contribution is -0.145. The van der Waals surface area contributed by atoms with Crippen molar-refractivity contribution in [2.75, 3.05) is 33.9 Å². The van der Waals surface area contributed by atoms with Gasteiger partial charge in [-0.2, -0.15) is 0 Å². The summed E-state index contributed by atoms with van der Waals surface area (Å²) in [6, 6.07) is 0. The molecule has 7 heteroatoms. The Balaban J connectivity index is 2.11. The maximum atomic E-state index is 12.8. The van der Waals surface area contributed by atoms with Crippen LogP contribution < -0.4 is 0 Å². The fourth-order valence-corrected chi connectivity index (χ4v) is 5.84. The molecule has 0 aromatic carbocycles. The zero-order valence-corrected chi connectivity index (χ0v) is 13.6. The topological polar surface area (TPSA) is 72.9 Å². The molecule has 1 aliphatic carbocycles. The number of esters is 1. The van der Waals surface area contributed by atoms with Crippen LogP contribution in [0.1, 0.15) is 32.1 Å². The normalized spacial score (nSPS) is 31.2. The molecule has 1 saturated carbocycles. The highest BCUT2D eigenvalue weighted by Gasteiger charge is 2.45. The molecule has 2 fully saturated rings. The van der Waals surface area contributed by atoms with E-state index in [2.05, 4.69) is 0 Å². The van der Waals surface area contributed by atoms with E-state index < -0.39 is 27.2 Å². The highest BCUT2D eigenvalue weighted by molar-refractivity contribution is 7.89. The van der Waals surface area contributed by atoms with Gasteiger partial charge >= 0.3 is 5.97 Å². The summed E-state index contributed by atoms with van der Waals surface area (Å²) in [6.07, 6.45) is 3.76. The summed E-state index contributed by atoms with van der Waals surface area (Å²) in [7, 11) is -0.484. The number of hydrogen-bond donors (Lipinski definition) is 0. The molecule has 1 aliphatic heterocycles. The molecule has 3 unspecified atom stereocenters. The van der Waals surface area contributed by atoms with E-state index in [9.17, 15) is 13.2 Å². The first-order valence-electron chi connectivity index (χ1n) is 7.56. The summed E-state index contributed by atoms with van der Waals surface area (Å²) in [5.41, 5.74) is 0. The first-order valence-corrected chi connectivity index (χ1v) is 9.06. The molecule has 0 radical (unpaired) electrons. The van der Waals surface area contributed by atoms with E-state index in [0.717, 1.165) is 19.3 Å². The number of piperidine rings is 1. The van der Waals surface area contributed by atoms with Gasteiger partial charge in [0.15, 0.2) is 0 Å². The lowest BCUT2D eigenvalue weighted by Gasteiger charge is -2.34. The molecule has 21 heavy (non-hydrogen) atoms. The highest BCUT2D eigenvalue weighted by atomic mass is 32.2. The summed E-state index contributed by atoms with van der Waals surface area (Å²) in [5.74, 6) is -0.661. The minimum absolute atomic E-state index is 0.247. The van der Waals surface area contributed by atoms with Crippen LogP contribution in [0.2, 0.25) is 0 Å². The van der Waals surface area contributed by atoms with E-state index in [1.54, 1.807) is 11.4 Å². The van der Waals surface area contributed by atoms with Crippen molar-refractivity contribution in [1.82, 2.24) is 4.31 Å². The Morgan fingerprint density at radius 3 is 2.62 bits per heavy atom. The Morgan fingerprint density at radius 1 is 1.19 bits per heavy atom. The van der Waals surface area contributed by atoms with Crippen molar-refractivity contribution in [3.63, 3.8) is 0 Å². The predicted octanol–water partition coefficient (Wildman–Crippen LogP) is 1.02. The van der Waals surface area contributed by atoms with Gasteiger partial charge < -0.3 is 9.47 Å². The van der Waals surface area contributed by atoms with Crippen LogP contribution >= 0.6 is 0 Å². The van der Waals surface area contributed by atoms with Crippen LogP contribution in [0.25, 0.3) is 0 Å². The van der Waals surface area contributed by atoms with E-state index in [1.807, 2.05) is 0 Å². The minimum Gasteiger partial charge on any atom is -0.469 e. The number of carbonyl (C=O) groups is 1. The van der Waals surface area contributed by atoms with Gasteiger partial charge in [-0.25, -0.2) is 12.7 Å². The van der Waals surface area contributed by atoms with Crippen LogP contribution in [0.15, 0.2) is 0 Å².